The molecule has 19 heavy (non-hydrogen) atoms. The fraction of sp³-hybridized carbons (Fsp3) is 0.571. The Kier molecular flexibility index (Phi) is 5.33. The van der Waals surface area contributed by atoms with Crippen LogP contribution in [0.15, 0.2) is 22.7 Å². The minimum Gasteiger partial charge on any atom is -0.383 e. The zero-order chi connectivity index (χ0) is 13.8. The maximum atomic E-state index is 13.3. The van der Waals surface area contributed by atoms with E-state index < -0.39 is 0 Å². The van der Waals surface area contributed by atoms with E-state index in [1.165, 1.54) is 18.9 Å². The highest BCUT2D eigenvalue weighted by Gasteiger charge is 2.33. The van der Waals surface area contributed by atoms with E-state index in [0.717, 1.165) is 12.1 Å². The Hall–Kier alpha value is -0.490. The van der Waals surface area contributed by atoms with Crippen molar-refractivity contribution in [2.45, 2.75) is 24.9 Å². The molecule has 0 aliphatic heterocycles. The van der Waals surface area contributed by atoms with Crippen molar-refractivity contribution in [1.29, 1.82) is 0 Å². The minimum absolute atomic E-state index is 0.125. The topological polar surface area (TPSA) is 38.5 Å². The molecule has 5 heteroatoms. The standard InChI is InChI=1S/C14H20BrFN2O/c1-19-7-6-18(11-3-4-11)14(9-17)10-2-5-13(16)12(15)8-10/h2,5,8,11,14H,3-4,6-7,9,17H2,1H3. The summed E-state index contributed by atoms with van der Waals surface area (Å²) in [5.41, 5.74) is 6.99. The molecule has 0 heterocycles. The number of hydrogen-bond acceptors (Lipinski definition) is 3. The second-order valence-electron chi connectivity index (χ2n) is 4.89. The largest absolute Gasteiger partial charge is 0.383 e. The van der Waals surface area contributed by atoms with E-state index in [4.69, 9.17) is 10.5 Å². The Morgan fingerprint density at radius 3 is 2.79 bits per heavy atom. The molecule has 1 atom stereocenters. The minimum atomic E-state index is -0.241. The molecule has 1 aromatic carbocycles. The lowest BCUT2D eigenvalue weighted by Crippen LogP contribution is -2.37. The van der Waals surface area contributed by atoms with Crippen molar-refractivity contribution in [3.63, 3.8) is 0 Å². The molecule has 3 nitrogen and oxygen atoms in total. The van der Waals surface area contributed by atoms with Crippen molar-refractivity contribution >= 4 is 15.9 Å². The summed E-state index contributed by atoms with van der Waals surface area (Å²) in [5, 5.41) is 0. The molecule has 2 N–H and O–H groups in total. The summed E-state index contributed by atoms with van der Waals surface area (Å²) in [6, 6.07) is 5.85. The van der Waals surface area contributed by atoms with E-state index in [1.54, 1.807) is 7.11 Å². The molecule has 0 radical (unpaired) electrons. The second-order valence-corrected chi connectivity index (χ2v) is 5.74. The fourth-order valence-electron chi connectivity index (χ4n) is 2.38. The third-order valence-corrected chi connectivity index (χ3v) is 4.13. The Morgan fingerprint density at radius 2 is 2.26 bits per heavy atom. The molecule has 2 rings (SSSR count). The Morgan fingerprint density at radius 1 is 1.53 bits per heavy atom. The van der Waals surface area contributed by atoms with E-state index in [2.05, 4.69) is 20.8 Å². The first-order chi connectivity index (χ1) is 9.17. The van der Waals surface area contributed by atoms with Gasteiger partial charge in [-0.1, -0.05) is 6.07 Å². The lowest BCUT2D eigenvalue weighted by atomic mass is 10.0. The first kappa shape index (κ1) is 14.9. The van der Waals surface area contributed by atoms with Crippen molar-refractivity contribution in [3.05, 3.63) is 34.1 Å². The van der Waals surface area contributed by atoms with E-state index in [0.29, 0.717) is 23.7 Å². The number of nitrogens with zero attached hydrogens (tertiary/aromatic N) is 1. The van der Waals surface area contributed by atoms with Gasteiger partial charge in [0.15, 0.2) is 0 Å². The van der Waals surface area contributed by atoms with Gasteiger partial charge in [0.1, 0.15) is 5.82 Å². The molecular formula is C14H20BrFN2O. The van der Waals surface area contributed by atoms with Crippen molar-refractivity contribution in [3.8, 4) is 0 Å². The van der Waals surface area contributed by atoms with Gasteiger partial charge in [-0.25, -0.2) is 4.39 Å². The van der Waals surface area contributed by atoms with Crippen LogP contribution >= 0.6 is 15.9 Å². The van der Waals surface area contributed by atoms with Gasteiger partial charge >= 0.3 is 0 Å². The summed E-state index contributed by atoms with van der Waals surface area (Å²) in [6.45, 7) is 2.08. The van der Waals surface area contributed by atoms with Crippen LogP contribution in [0.5, 0.6) is 0 Å². The maximum absolute atomic E-state index is 13.3. The third kappa shape index (κ3) is 3.75. The van der Waals surface area contributed by atoms with E-state index in [9.17, 15) is 4.39 Å². The molecular weight excluding hydrogens is 311 g/mol. The number of nitrogens with two attached hydrogens (primary N) is 1. The van der Waals surface area contributed by atoms with Crippen molar-refractivity contribution < 1.29 is 9.13 Å². The Bertz CT molecular complexity index is 426. The maximum Gasteiger partial charge on any atom is 0.137 e. The molecule has 1 saturated carbocycles. The normalized spacial score (nSPS) is 16.9. The number of methoxy groups -OCH3 is 1. The van der Waals surface area contributed by atoms with Crippen molar-refractivity contribution in [2.75, 3.05) is 26.8 Å². The Labute approximate surface area is 122 Å². The van der Waals surface area contributed by atoms with Gasteiger partial charge in [0.25, 0.3) is 0 Å². The second kappa shape index (κ2) is 6.79. The van der Waals surface area contributed by atoms with Gasteiger partial charge in [0, 0.05) is 32.3 Å². The first-order valence-corrected chi connectivity index (χ1v) is 7.36. The van der Waals surface area contributed by atoms with Crippen LogP contribution in [-0.4, -0.2) is 37.7 Å². The van der Waals surface area contributed by atoms with Crippen molar-refractivity contribution in [1.82, 2.24) is 4.90 Å². The molecule has 0 saturated heterocycles. The summed E-state index contributed by atoms with van der Waals surface area (Å²) < 4.78 is 19.0. The van der Waals surface area contributed by atoms with Crippen LogP contribution < -0.4 is 5.73 Å². The van der Waals surface area contributed by atoms with Gasteiger partial charge in [-0.3, -0.25) is 4.90 Å². The van der Waals surface area contributed by atoms with Crippen LogP contribution in [0.3, 0.4) is 0 Å². The van der Waals surface area contributed by atoms with Crippen LogP contribution in [0.25, 0.3) is 0 Å². The summed E-state index contributed by atoms with van der Waals surface area (Å²) in [7, 11) is 1.71. The van der Waals surface area contributed by atoms with Crippen molar-refractivity contribution in [2.24, 2.45) is 5.73 Å². The molecule has 1 unspecified atom stereocenters. The predicted octanol–water partition coefficient (Wildman–Crippen LogP) is 2.70. The third-order valence-electron chi connectivity index (χ3n) is 3.52. The van der Waals surface area contributed by atoms with Crippen LogP contribution in [0.4, 0.5) is 4.39 Å². The SMILES string of the molecule is COCCN(C1CC1)C(CN)c1ccc(F)c(Br)c1. The van der Waals surface area contributed by atoms with Gasteiger partial charge in [-0.2, -0.15) is 0 Å². The van der Waals surface area contributed by atoms with E-state index in [1.807, 2.05) is 12.1 Å². The molecule has 0 aromatic heterocycles. The molecule has 0 spiro atoms. The summed E-state index contributed by atoms with van der Waals surface area (Å²) in [4.78, 5) is 2.38. The monoisotopic (exact) mass is 330 g/mol. The molecule has 0 bridgehead atoms. The van der Waals surface area contributed by atoms with Gasteiger partial charge in [-0.15, -0.1) is 0 Å². The van der Waals surface area contributed by atoms with Crippen LogP contribution in [0, 0.1) is 5.82 Å². The number of ether oxygens (including phenoxy) is 1. The molecule has 1 aromatic rings. The molecule has 1 aliphatic carbocycles. The first-order valence-electron chi connectivity index (χ1n) is 6.57. The number of benzene rings is 1. The number of hydrogen-bond donors (Lipinski definition) is 1. The Balaban J connectivity index is 2.17. The van der Waals surface area contributed by atoms with E-state index >= 15 is 0 Å². The van der Waals surface area contributed by atoms with Crippen LogP contribution in [-0.2, 0) is 4.74 Å². The zero-order valence-electron chi connectivity index (χ0n) is 11.1. The highest BCUT2D eigenvalue weighted by Crippen LogP contribution is 2.34. The smallest absolute Gasteiger partial charge is 0.137 e. The quantitative estimate of drug-likeness (QED) is 0.835. The summed E-state index contributed by atoms with van der Waals surface area (Å²) >= 11 is 3.24. The summed E-state index contributed by atoms with van der Waals surface area (Å²) in [5.74, 6) is -0.241. The van der Waals surface area contributed by atoms with Gasteiger partial charge in [0.2, 0.25) is 0 Å². The molecule has 106 valence electrons. The van der Waals surface area contributed by atoms with E-state index in [-0.39, 0.29) is 11.9 Å². The predicted molar refractivity (Wildman–Crippen MR) is 77.5 cm³/mol. The van der Waals surface area contributed by atoms with Crippen LogP contribution in [0.1, 0.15) is 24.4 Å². The van der Waals surface area contributed by atoms with Gasteiger partial charge in [0.05, 0.1) is 11.1 Å². The van der Waals surface area contributed by atoms with Crippen LogP contribution in [0.2, 0.25) is 0 Å². The zero-order valence-corrected chi connectivity index (χ0v) is 12.7. The average molecular weight is 331 g/mol. The average Bonchev–Trinajstić information content (AvgIpc) is 3.22. The highest BCUT2D eigenvalue weighted by molar-refractivity contribution is 9.10. The summed E-state index contributed by atoms with van der Waals surface area (Å²) in [6.07, 6.45) is 2.42. The van der Waals surface area contributed by atoms with Gasteiger partial charge in [-0.05, 0) is 46.5 Å². The molecule has 1 aliphatic rings. The molecule has 0 amide bonds. The lowest BCUT2D eigenvalue weighted by molar-refractivity contribution is 0.115. The number of halogens is 2. The fourth-order valence-corrected chi connectivity index (χ4v) is 2.77. The highest BCUT2D eigenvalue weighted by atomic mass is 79.9. The molecule has 1 fully saturated rings. The lowest BCUT2D eigenvalue weighted by Gasteiger charge is -2.31. The van der Waals surface area contributed by atoms with Gasteiger partial charge < -0.3 is 10.5 Å². The number of rotatable bonds is 7.